The number of rotatable bonds is 3. The normalized spacial score (nSPS) is 33.2. The molecule has 0 heterocycles. The van der Waals surface area contributed by atoms with E-state index in [0.29, 0.717) is 11.3 Å². The first-order valence-electron chi connectivity index (χ1n) is 10.5. The van der Waals surface area contributed by atoms with Crippen molar-refractivity contribution in [2.45, 2.75) is 31.3 Å². The molecule has 1 aromatic rings. The lowest BCUT2D eigenvalue weighted by Gasteiger charge is -2.50. The fraction of sp³-hybridized carbons (Fsp3) is 0.500. The Morgan fingerprint density at radius 2 is 1.88 bits per heavy atom. The van der Waals surface area contributed by atoms with E-state index in [1.165, 1.54) is 6.07 Å². The lowest BCUT2D eigenvalue weighted by Crippen LogP contribution is -2.68. The monoisotopic (exact) mass is 456 g/mol. The van der Waals surface area contributed by atoms with Gasteiger partial charge in [-0.25, -0.2) is 5.53 Å². The topological polar surface area (TPSA) is 191 Å². The van der Waals surface area contributed by atoms with E-state index in [2.05, 4.69) is 5.11 Å². The van der Waals surface area contributed by atoms with Gasteiger partial charge in [0.25, 0.3) is 0 Å². The number of nitrogens with one attached hydrogen (secondary N) is 1. The molecule has 11 heteroatoms. The molecule has 2 saturated carbocycles. The highest BCUT2D eigenvalue weighted by Gasteiger charge is 2.67. The van der Waals surface area contributed by atoms with Crippen LogP contribution >= 0.6 is 0 Å². The number of hydrogen-bond acceptors (Lipinski definition) is 10. The predicted octanol–water partition coefficient (Wildman–Crippen LogP) is 0.616. The molecule has 174 valence electrons. The van der Waals surface area contributed by atoms with Crippen LogP contribution in [-0.4, -0.2) is 58.9 Å². The second kappa shape index (κ2) is 7.27. The number of phenolic OH excluding ortho intramolecular Hbond substituents is 1. The minimum atomic E-state index is -2.70. The number of aliphatic hydroxyl groups is 1. The number of phenols is 1. The standard InChI is InChI=1S/C22H24N4O7/c1-7-9-4-8-5-12(27)15(21(23)32)20(31)22(8,33)19(30)14(9)18(29)16-13(7)11(26(2)3)6-10(25-24)17(16)28/h6-9,14-15,24,28,33H,4-5H2,1-3H3,(H2,23,32)/t7-,8+,9-,14?,15?,22+/m1/s1. The van der Waals surface area contributed by atoms with Crippen LogP contribution < -0.4 is 10.6 Å². The number of hydrogen-bond donors (Lipinski definition) is 4. The average Bonchev–Trinajstić information content (AvgIpc) is 2.73. The van der Waals surface area contributed by atoms with Crippen molar-refractivity contribution in [2.24, 2.45) is 34.5 Å². The van der Waals surface area contributed by atoms with Crippen molar-refractivity contribution in [3.8, 4) is 5.75 Å². The number of nitrogens with zero attached hydrogens (tertiary/aromatic N) is 2. The Bertz CT molecular complexity index is 1160. The van der Waals surface area contributed by atoms with Crippen molar-refractivity contribution in [1.29, 1.82) is 5.53 Å². The minimum Gasteiger partial charge on any atom is -0.505 e. The van der Waals surface area contributed by atoms with Gasteiger partial charge in [-0.3, -0.25) is 24.0 Å². The molecule has 0 aromatic heterocycles. The van der Waals surface area contributed by atoms with Crippen molar-refractivity contribution >= 4 is 40.4 Å². The molecule has 1 amide bonds. The van der Waals surface area contributed by atoms with Crippen LogP contribution in [0.2, 0.25) is 0 Å². The van der Waals surface area contributed by atoms with Gasteiger partial charge in [-0.05, 0) is 29.9 Å². The van der Waals surface area contributed by atoms with Gasteiger partial charge in [0.1, 0.15) is 5.69 Å². The van der Waals surface area contributed by atoms with Crippen LogP contribution in [-0.2, 0) is 19.2 Å². The quantitative estimate of drug-likeness (QED) is 0.375. The van der Waals surface area contributed by atoms with Crippen LogP contribution in [0.3, 0.4) is 0 Å². The van der Waals surface area contributed by atoms with E-state index >= 15 is 0 Å². The number of fused-ring (bicyclic) bond motifs is 3. The summed E-state index contributed by atoms with van der Waals surface area (Å²) in [7, 11) is 3.44. The van der Waals surface area contributed by atoms with Crippen LogP contribution in [0.4, 0.5) is 11.4 Å². The van der Waals surface area contributed by atoms with Gasteiger partial charge in [0, 0.05) is 32.1 Å². The fourth-order valence-corrected chi connectivity index (χ4v) is 5.84. The summed E-state index contributed by atoms with van der Waals surface area (Å²) < 4.78 is 0. The Balaban J connectivity index is 1.91. The molecule has 1 aromatic carbocycles. The van der Waals surface area contributed by atoms with Crippen molar-refractivity contribution < 1.29 is 34.2 Å². The van der Waals surface area contributed by atoms with Crippen molar-refractivity contribution in [2.75, 3.05) is 19.0 Å². The second-order valence-corrected chi connectivity index (χ2v) is 9.29. The summed E-state index contributed by atoms with van der Waals surface area (Å²) in [5.41, 5.74) is 10.5. The highest BCUT2D eigenvalue weighted by molar-refractivity contribution is 6.31. The molecule has 4 rings (SSSR count). The van der Waals surface area contributed by atoms with Crippen LogP contribution in [0, 0.1) is 29.2 Å². The predicted molar refractivity (Wildman–Crippen MR) is 112 cm³/mol. The zero-order valence-corrected chi connectivity index (χ0v) is 18.3. The van der Waals surface area contributed by atoms with Crippen LogP contribution in [0.25, 0.3) is 0 Å². The minimum absolute atomic E-state index is 0.0143. The Kier molecular flexibility index (Phi) is 5.01. The summed E-state index contributed by atoms with van der Waals surface area (Å²) in [5.74, 6) is -11.4. The SMILES string of the molecule is C[C@H]1c2c(N(C)C)cc(N=N)c(O)c2C(=O)C2C(=O)[C@]3(O)C(=O)C(C(N)=O)C(=O)C[C@@H]3C[C@@H]21. The van der Waals surface area contributed by atoms with E-state index in [1.807, 2.05) is 0 Å². The molecule has 33 heavy (non-hydrogen) atoms. The van der Waals surface area contributed by atoms with Gasteiger partial charge in [0.15, 0.2) is 40.4 Å². The van der Waals surface area contributed by atoms with Gasteiger partial charge in [-0.1, -0.05) is 6.92 Å². The van der Waals surface area contributed by atoms with Gasteiger partial charge in [0.2, 0.25) is 5.91 Å². The Morgan fingerprint density at radius 1 is 1.24 bits per heavy atom. The Hall–Kier alpha value is -3.47. The van der Waals surface area contributed by atoms with E-state index in [-0.39, 0.29) is 24.1 Å². The summed E-state index contributed by atoms with van der Waals surface area (Å²) in [6, 6.07) is 1.47. The van der Waals surface area contributed by atoms with Crippen molar-refractivity contribution in [3.05, 3.63) is 17.2 Å². The third-order valence-corrected chi connectivity index (χ3v) is 7.45. The molecule has 3 aliphatic carbocycles. The van der Waals surface area contributed by atoms with E-state index in [9.17, 15) is 34.2 Å². The number of ketones is 4. The zero-order valence-electron chi connectivity index (χ0n) is 18.3. The molecule has 11 nitrogen and oxygen atoms in total. The maximum absolute atomic E-state index is 13.6. The average molecular weight is 456 g/mol. The number of primary amides is 1. The number of carbonyl (C=O) groups is 5. The number of benzene rings is 1. The number of amides is 1. The Morgan fingerprint density at radius 3 is 2.42 bits per heavy atom. The first-order chi connectivity index (χ1) is 15.4. The second-order valence-electron chi connectivity index (χ2n) is 9.29. The molecular weight excluding hydrogens is 432 g/mol. The van der Waals surface area contributed by atoms with Crippen LogP contribution in [0.15, 0.2) is 11.2 Å². The van der Waals surface area contributed by atoms with Crippen LogP contribution in [0.5, 0.6) is 5.75 Å². The molecule has 0 radical (unpaired) electrons. The highest BCUT2D eigenvalue weighted by Crippen LogP contribution is 2.56. The number of nitrogens with two attached hydrogens (primary N) is 1. The molecule has 0 spiro atoms. The van der Waals surface area contributed by atoms with Gasteiger partial charge >= 0.3 is 0 Å². The molecule has 2 fully saturated rings. The van der Waals surface area contributed by atoms with E-state index in [1.54, 1.807) is 25.9 Å². The molecule has 3 aliphatic rings. The van der Waals surface area contributed by atoms with Gasteiger partial charge in [-0.15, -0.1) is 0 Å². The van der Waals surface area contributed by atoms with Crippen molar-refractivity contribution in [3.63, 3.8) is 0 Å². The maximum Gasteiger partial charge on any atom is 0.235 e. The third kappa shape index (κ3) is 2.81. The third-order valence-electron chi connectivity index (χ3n) is 7.45. The summed E-state index contributed by atoms with van der Waals surface area (Å²) in [4.78, 5) is 65.9. The first kappa shape index (κ1) is 22.7. The summed E-state index contributed by atoms with van der Waals surface area (Å²) >= 11 is 0. The largest absolute Gasteiger partial charge is 0.505 e. The molecular formula is C22H24N4O7. The summed E-state index contributed by atoms with van der Waals surface area (Å²) in [6.07, 6.45) is -0.374. The maximum atomic E-state index is 13.6. The number of anilines is 1. The first-order valence-corrected chi connectivity index (χ1v) is 10.5. The highest BCUT2D eigenvalue weighted by atomic mass is 16.3. The Labute approximate surface area is 188 Å². The summed E-state index contributed by atoms with van der Waals surface area (Å²) in [6.45, 7) is 1.77. The van der Waals surface area contributed by atoms with E-state index < -0.39 is 70.0 Å². The van der Waals surface area contributed by atoms with Crippen molar-refractivity contribution in [1.82, 2.24) is 0 Å². The molecule has 5 N–H and O–H groups in total. The molecule has 0 saturated heterocycles. The van der Waals surface area contributed by atoms with E-state index in [4.69, 9.17) is 11.3 Å². The number of Topliss-reactive ketones (excluding diaryl/α,β-unsaturated/α-hetero) is 4. The lowest BCUT2D eigenvalue weighted by molar-refractivity contribution is -0.176. The molecule has 0 bridgehead atoms. The lowest BCUT2D eigenvalue weighted by atomic mass is 9.52. The van der Waals surface area contributed by atoms with Crippen LogP contribution in [0.1, 0.15) is 41.6 Å². The molecule has 0 aliphatic heterocycles. The zero-order chi connectivity index (χ0) is 24.6. The van der Waals surface area contributed by atoms with Gasteiger partial charge < -0.3 is 20.8 Å². The van der Waals surface area contributed by atoms with Gasteiger partial charge in [0.05, 0.1) is 11.5 Å². The fourth-order valence-electron chi connectivity index (χ4n) is 5.84. The number of carbonyl (C=O) groups excluding carboxylic acids is 5. The molecule has 6 atom stereocenters. The van der Waals surface area contributed by atoms with E-state index in [0.717, 1.165) is 0 Å². The summed E-state index contributed by atoms with van der Waals surface area (Å²) in [5, 5.41) is 25.2. The molecule has 2 unspecified atom stereocenters. The number of aromatic hydroxyl groups is 1. The smallest absolute Gasteiger partial charge is 0.235 e. The van der Waals surface area contributed by atoms with Gasteiger partial charge in [-0.2, -0.15) is 5.11 Å².